The molecule has 2 atom stereocenters. The summed E-state index contributed by atoms with van der Waals surface area (Å²) in [6.45, 7) is 3.85. The van der Waals surface area contributed by atoms with Crippen molar-refractivity contribution in [1.29, 1.82) is 0 Å². The van der Waals surface area contributed by atoms with Crippen LogP contribution in [0.4, 0.5) is 5.69 Å². The molecule has 2 rings (SSSR count). The van der Waals surface area contributed by atoms with Crippen LogP contribution in [0.5, 0.6) is 0 Å². The van der Waals surface area contributed by atoms with Gasteiger partial charge < -0.3 is 10.4 Å². The van der Waals surface area contributed by atoms with E-state index in [4.69, 9.17) is 11.6 Å². The molecule has 0 radical (unpaired) electrons. The van der Waals surface area contributed by atoms with Gasteiger partial charge in [-0.25, -0.2) is 4.98 Å². The molecule has 0 saturated carbocycles. The molecule has 0 aliphatic heterocycles. The third-order valence-corrected chi connectivity index (χ3v) is 4.24. The van der Waals surface area contributed by atoms with Gasteiger partial charge in [0.1, 0.15) is 0 Å². The van der Waals surface area contributed by atoms with Crippen molar-refractivity contribution in [2.75, 3.05) is 5.32 Å². The molecule has 0 aromatic carbocycles. The number of aromatic nitrogens is 1. The molecule has 21 heavy (non-hydrogen) atoms. The second-order valence-corrected chi connectivity index (χ2v) is 5.71. The number of halogens is 1. The fraction of sp³-hybridized carbons (Fsp3) is 0.400. The normalized spacial score (nSPS) is 22.0. The molecule has 1 aromatic heterocycles. The van der Waals surface area contributed by atoms with E-state index >= 15 is 0 Å². The summed E-state index contributed by atoms with van der Waals surface area (Å²) in [5, 5.41) is 12.2. The number of carbonyl (C=O) groups is 2. The topological polar surface area (TPSA) is 79.3 Å². The van der Waals surface area contributed by atoms with Crippen molar-refractivity contribution in [2.45, 2.75) is 26.7 Å². The van der Waals surface area contributed by atoms with Crippen LogP contribution in [0, 0.1) is 11.8 Å². The van der Waals surface area contributed by atoms with Gasteiger partial charge in [-0.05, 0) is 38.8 Å². The van der Waals surface area contributed by atoms with Crippen molar-refractivity contribution in [1.82, 2.24) is 4.98 Å². The summed E-state index contributed by atoms with van der Waals surface area (Å²) < 4.78 is 0. The summed E-state index contributed by atoms with van der Waals surface area (Å²) in [4.78, 5) is 27.7. The van der Waals surface area contributed by atoms with Crippen molar-refractivity contribution in [3.63, 3.8) is 0 Å². The number of carbonyl (C=O) groups excluding carboxylic acids is 1. The Kier molecular flexibility index (Phi) is 4.63. The quantitative estimate of drug-likeness (QED) is 0.664. The van der Waals surface area contributed by atoms with Gasteiger partial charge in [0.25, 0.3) is 0 Å². The predicted molar refractivity (Wildman–Crippen MR) is 80.1 cm³/mol. The first-order chi connectivity index (χ1) is 9.90. The number of rotatable bonds is 3. The lowest BCUT2D eigenvalue weighted by Crippen LogP contribution is -2.36. The molecule has 5 nitrogen and oxygen atoms in total. The fourth-order valence-corrected chi connectivity index (χ4v) is 2.70. The molecule has 1 aliphatic rings. The molecule has 0 spiro atoms. The van der Waals surface area contributed by atoms with Gasteiger partial charge in [0, 0.05) is 6.20 Å². The van der Waals surface area contributed by atoms with Crippen LogP contribution < -0.4 is 5.32 Å². The fourth-order valence-electron chi connectivity index (χ4n) is 2.53. The summed E-state index contributed by atoms with van der Waals surface area (Å²) in [5.74, 6) is -2.57. The molecule has 1 heterocycles. The maximum Gasteiger partial charge on any atom is 0.307 e. The van der Waals surface area contributed by atoms with Gasteiger partial charge in [-0.15, -0.1) is 0 Å². The largest absolute Gasteiger partial charge is 0.481 e. The molecule has 1 aliphatic carbocycles. The van der Waals surface area contributed by atoms with Gasteiger partial charge in [0.2, 0.25) is 5.91 Å². The lowest BCUT2D eigenvalue weighted by molar-refractivity contribution is -0.146. The molecule has 1 amide bonds. The molecule has 2 N–H and O–H groups in total. The Morgan fingerprint density at radius 2 is 1.90 bits per heavy atom. The summed E-state index contributed by atoms with van der Waals surface area (Å²) in [7, 11) is 0. The maximum absolute atomic E-state index is 12.4. The minimum atomic E-state index is -0.945. The average Bonchev–Trinajstić information content (AvgIpc) is 2.43. The van der Waals surface area contributed by atoms with Crippen molar-refractivity contribution in [3.8, 4) is 0 Å². The van der Waals surface area contributed by atoms with Crippen molar-refractivity contribution < 1.29 is 14.7 Å². The third kappa shape index (κ3) is 3.42. The number of aliphatic carboxylic acids is 1. The monoisotopic (exact) mass is 308 g/mol. The first kappa shape index (κ1) is 15.5. The maximum atomic E-state index is 12.4. The summed E-state index contributed by atoms with van der Waals surface area (Å²) in [6, 6.07) is 3.30. The van der Waals surface area contributed by atoms with Crippen molar-refractivity contribution in [3.05, 3.63) is 34.6 Å². The van der Waals surface area contributed by atoms with Gasteiger partial charge in [-0.1, -0.05) is 22.7 Å². The Morgan fingerprint density at radius 1 is 1.29 bits per heavy atom. The minimum Gasteiger partial charge on any atom is -0.481 e. The van der Waals surface area contributed by atoms with Crippen LogP contribution in [0.2, 0.25) is 5.15 Å². The van der Waals surface area contributed by atoms with E-state index in [0.29, 0.717) is 18.5 Å². The number of nitrogens with zero attached hydrogens (tertiary/aromatic N) is 1. The zero-order chi connectivity index (χ0) is 15.6. The Balaban J connectivity index is 2.21. The number of allylic oxidation sites excluding steroid dienone is 2. The van der Waals surface area contributed by atoms with E-state index in [1.165, 1.54) is 6.20 Å². The van der Waals surface area contributed by atoms with E-state index in [0.717, 1.165) is 11.1 Å². The van der Waals surface area contributed by atoms with Gasteiger partial charge in [0.15, 0.2) is 5.15 Å². The number of pyridine rings is 1. The highest BCUT2D eigenvalue weighted by molar-refractivity contribution is 6.32. The van der Waals surface area contributed by atoms with Crippen LogP contribution in [-0.2, 0) is 9.59 Å². The molecule has 0 fully saturated rings. The molecular weight excluding hydrogens is 292 g/mol. The molecule has 112 valence electrons. The van der Waals surface area contributed by atoms with Crippen LogP contribution in [0.3, 0.4) is 0 Å². The first-order valence-electron chi connectivity index (χ1n) is 6.69. The average molecular weight is 309 g/mol. The number of hydrogen-bond acceptors (Lipinski definition) is 3. The second-order valence-electron chi connectivity index (χ2n) is 5.35. The highest BCUT2D eigenvalue weighted by atomic mass is 35.5. The molecule has 0 unspecified atom stereocenters. The van der Waals surface area contributed by atoms with Crippen LogP contribution in [0.1, 0.15) is 26.7 Å². The first-order valence-corrected chi connectivity index (χ1v) is 7.07. The van der Waals surface area contributed by atoms with Crippen LogP contribution in [0.25, 0.3) is 0 Å². The third-order valence-electron chi connectivity index (χ3n) is 3.94. The molecule has 0 bridgehead atoms. The Hall–Kier alpha value is -1.88. The second kappa shape index (κ2) is 6.26. The van der Waals surface area contributed by atoms with Gasteiger partial charge in [-0.3, -0.25) is 9.59 Å². The van der Waals surface area contributed by atoms with E-state index in [2.05, 4.69) is 10.3 Å². The highest BCUT2D eigenvalue weighted by Gasteiger charge is 2.37. The van der Waals surface area contributed by atoms with Gasteiger partial charge in [0.05, 0.1) is 17.5 Å². The summed E-state index contributed by atoms with van der Waals surface area (Å²) in [6.07, 6.45) is 2.38. The van der Waals surface area contributed by atoms with E-state index in [1.54, 1.807) is 12.1 Å². The minimum absolute atomic E-state index is 0.192. The van der Waals surface area contributed by atoms with Crippen molar-refractivity contribution >= 4 is 29.2 Å². The van der Waals surface area contributed by atoms with Crippen LogP contribution in [0.15, 0.2) is 29.5 Å². The standard InChI is InChI=1S/C15H17ClN2O3/c1-8-6-10(11(15(20)21)7-9(8)2)14(19)18-12-4-3-5-17-13(12)16/h3-5,10-11H,6-7H2,1-2H3,(H,18,19)(H,20,21)/t10-,11-/m1/s1. The lowest BCUT2D eigenvalue weighted by atomic mass is 9.76. The number of amides is 1. The van der Waals surface area contributed by atoms with Crippen molar-refractivity contribution in [2.24, 2.45) is 11.8 Å². The Labute approximate surface area is 128 Å². The van der Waals surface area contributed by atoms with Gasteiger partial charge in [-0.2, -0.15) is 0 Å². The predicted octanol–water partition coefficient (Wildman–Crippen LogP) is 3.12. The van der Waals surface area contributed by atoms with Gasteiger partial charge >= 0.3 is 5.97 Å². The zero-order valence-electron chi connectivity index (χ0n) is 11.9. The smallest absolute Gasteiger partial charge is 0.307 e. The molecule has 6 heteroatoms. The van der Waals surface area contributed by atoms with E-state index in [9.17, 15) is 14.7 Å². The number of hydrogen-bond donors (Lipinski definition) is 2. The highest BCUT2D eigenvalue weighted by Crippen LogP contribution is 2.35. The number of carboxylic acid groups (broad SMARTS) is 1. The van der Waals surface area contributed by atoms with E-state index in [-0.39, 0.29) is 11.1 Å². The lowest BCUT2D eigenvalue weighted by Gasteiger charge is -2.29. The number of carboxylic acids is 1. The summed E-state index contributed by atoms with van der Waals surface area (Å²) >= 11 is 5.91. The SMILES string of the molecule is CC1=C(C)C[C@@H](C(=O)Nc2cccnc2Cl)[C@H](C(=O)O)C1. The van der Waals surface area contributed by atoms with E-state index < -0.39 is 17.8 Å². The number of anilines is 1. The zero-order valence-corrected chi connectivity index (χ0v) is 12.6. The molecule has 1 aromatic rings. The van der Waals surface area contributed by atoms with Crippen LogP contribution in [-0.4, -0.2) is 22.0 Å². The Morgan fingerprint density at radius 3 is 2.48 bits per heavy atom. The Bertz CT molecular complexity index is 613. The molecular formula is C15H17ClN2O3. The summed E-state index contributed by atoms with van der Waals surface area (Å²) in [5.41, 5.74) is 2.52. The van der Waals surface area contributed by atoms with E-state index in [1.807, 2.05) is 13.8 Å². The number of nitrogens with one attached hydrogen (secondary N) is 1. The van der Waals surface area contributed by atoms with Crippen LogP contribution >= 0.6 is 11.6 Å². The molecule has 0 saturated heterocycles.